The van der Waals surface area contributed by atoms with Crippen molar-refractivity contribution in [2.45, 2.75) is 10.3 Å². The molecule has 2 heterocycles. The van der Waals surface area contributed by atoms with Crippen LogP contribution in [-0.2, 0) is 0 Å². The van der Waals surface area contributed by atoms with Crippen LogP contribution in [0.1, 0.15) is 10.9 Å². The molecule has 1 atom stereocenters. The second-order valence-electron chi connectivity index (χ2n) is 5.38. The maximum absolute atomic E-state index is 5.58. The molecule has 3 aromatic rings. The number of hydrogen-bond donors (Lipinski definition) is 0. The summed E-state index contributed by atoms with van der Waals surface area (Å²) in [5.74, 6) is 1.45. The number of para-hydroxylation sites is 1. The highest BCUT2D eigenvalue weighted by atomic mass is 32.2. The SMILES string of the molecule is COc1ccc(C2=Nc3ccccc3SC2n2cncn2)c(OC)c1. The van der Waals surface area contributed by atoms with E-state index in [9.17, 15) is 0 Å². The molecule has 0 aliphatic carbocycles. The van der Waals surface area contributed by atoms with E-state index in [0.29, 0.717) is 5.75 Å². The van der Waals surface area contributed by atoms with Crippen molar-refractivity contribution in [3.63, 3.8) is 0 Å². The second kappa shape index (κ2) is 6.60. The molecule has 1 aromatic heterocycles. The summed E-state index contributed by atoms with van der Waals surface area (Å²) >= 11 is 1.69. The molecule has 6 nitrogen and oxygen atoms in total. The lowest BCUT2D eigenvalue weighted by atomic mass is 10.1. The second-order valence-corrected chi connectivity index (χ2v) is 6.50. The van der Waals surface area contributed by atoms with Crippen LogP contribution in [0.15, 0.2) is 65.0 Å². The Morgan fingerprint density at radius 2 is 1.96 bits per heavy atom. The minimum absolute atomic E-state index is 0.125. The molecular formula is C18H16N4O2S. The molecular weight excluding hydrogens is 336 g/mol. The molecule has 4 rings (SSSR count). The van der Waals surface area contributed by atoms with E-state index in [2.05, 4.69) is 16.1 Å². The Morgan fingerprint density at radius 3 is 2.72 bits per heavy atom. The average molecular weight is 352 g/mol. The van der Waals surface area contributed by atoms with E-state index in [1.807, 2.05) is 41.1 Å². The van der Waals surface area contributed by atoms with Gasteiger partial charge in [0.25, 0.3) is 0 Å². The molecule has 0 radical (unpaired) electrons. The Balaban J connectivity index is 1.88. The summed E-state index contributed by atoms with van der Waals surface area (Å²) < 4.78 is 12.7. The standard InChI is InChI=1S/C18H16N4O2S/c1-23-12-7-8-13(15(9-12)24-2)17-18(22-11-19-10-20-22)25-16-6-4-3-5-14(16)21-17/h3-11,18H,1-2H3. The van der Waals surface area contributed by atoms with Gasteiger partial charge >= 0.3 is 0 Å². The van der Waals surface area contributed by atoms with Crippen molar-refractivity contribution >= 4 is 23.2 Å². The maximum Gasteiger partial charge on any atom is 0.146 e. The van der Waals surface area contributed by atoms with E-state index in [4.69, 9.17) is 14.5 Å². The molecule has 7 heteroatoms. The highest BCUT2D eigenvalue weighted by molar-refractivity contribution is 8.00. The van der Waals surface area contributed by atoms with Crippen LogP contribution >= 0.6 is 11.8 Å². The van der Waals surface area contributed by atoms with Crippen molar-refractivity contribution in [2.24, 2.45) is 4.99 Å². The smallest absolute Gasteiger partial charge is 0.146 e. The van der Waals surface area contributed by atoms with E-state index >= 15 is 0 Å². The molecule has 0 spiro atoms. The van der Waals surface area contributed by atoms with E-state index in [1.54, 1.807) is 32.3 Å². The fourth-order valence-electron chi connectivity index (χ4n) is 2.73. The van der Waals surface area contributed by atoms with Crippen LogP contribution in [0.2, 0.25) is 0 Å². The van der Waals surface area contributed by atoms with Gasteiger partial charge in [-0.3, -0.25) is 0 Å². The number of aliphatic imine (C=N–C) groups is 1. The molecule has 1 unspecified atom stereocenters. The van der Waals surface area contributed by atoms with Gasteiger partial charge in [0.05, 0.1) is 25.6 Å². The van der Waals surface area contributed by atoms with Crippen molar-refractivity contribution in [1.82, 2.24) is 14.8 Å². The lowest BCUT2D eigenvalue weighted by Gasteiger charge is -2.25. The quantitative estimate of drug-likeness (QED) is 0.716. The zero-order chi connectivity index (χ0) is 17.2. The fourth-order valence-corrected chi connectivity index (χ4v) is 3.87. The molecule has 0 amide bonds. The van der Waals surface area contributed by atoms with Gasteiger partial charge in [0, 0.05) is 16.5 Å². The molecule has 1 aliphatic heterocycles. The summed E-state index contributed by atoms with van der Waals surface area (Å²) in [5, 5.41) is 4.19. The number of aromatic nitrogens is 3. The van der Waals surface area contributed by atoms with Gasteiger partial charge in [-0.25, -0.2) is 14.7 Å². The largest absolute Gasteiger partial charge is 0.497 e. The zero-order valence-electron chi connectivity index (χ0n) is 13.8. The lowest BCUT2D eigenvalue weighted by Crippen LogP contribution is -2.21. The molecule has 25 heavy (non-hydrogen) atoms. The Labute approximate surface area is 149 Å². The fraction of sp³-hybridized carbons (Fsp3) is 0.167. The number of benzene rings is 2. The third-order valence-corrected chi connectivity index (χ3v) is 5.20. The van der Waals surface area contributed by atoms with Gasteiger partial charge in [0.15, 0.2) is 0 Å². The van der Waals surface area contributed by atoms with Gasteiger partial charge in [-0.15, -0.1) is 0 Å². The molecule has 2 aromatic carbocycles. The molecule has 0 saturated heterocycles. The summed E-state index contributed by atoms with van der Waals surface area (Å²) in [6.07, 6.45) is 3.24. The monoisotopic (exact) mass is 352 g/mol. The number of fused-ring (bicyclic) bond motifs is 1. The van der Waals surface area contributed by atoms with Crippen molar-refractivity contribution < 1.29 is 9.47 Å². The number of hydrogen-bond acceptors (Lipinski definition) is 6. The third-order valence-electron chi connectivity index (χ3n) is 3.94. The number of nitrogens with zero attached hydrogens (tertiary/aromatic N) is 4. The first-order valence-corrected chi connectivity index (χ1v) is 8.59. The summed E-state index contributed by atoms with van der Waals surface area (Å²) in [4.78, 5) is 10.1. The van der Waals surface area contributed by atoms with Gasteiger partial charge < -0.3 is 9.47 Å². The van der Waals surface area contributed by atoms with Crippen LogP contribution in [0, 0.1) is 0 Å². The van der Waals surface area contributed by atoms with Crippen LogP contribution in [-0.4, -0.2) is 34.7 Å². The van der Waals surface area contributed by atoms with Crippen molar-refractivity contribution in [3.8, 4) is 11.5 Å². The van der Waals surface area contributed by atoms with Crippen LogP contribution < -0.4 is 9.47 Å². The van der Waals surface area contributed by atoms with Gasteiger partial charge in [-0.2, -0.15) is 5.10 Å². The zero-order valence-corrected chi connectivity index (χ0v) is 14.6. The average Bonchev–Trinajstić information content (AvgIpc) is 3.21. The van der Waals surface area contributed by atoms with E-state index in [0.717, 1.165) is 27.6 Å². The minimum atomic E-state index is -0.125. The molecule has 126 valence electrons. The number of rotatable bonds is 4. The van der Waals surface area contributed by atoms with E-state index in [-0.39, 0.29) is 5.37 Å². The Hall–Kier alpha value is -2.80. The topological polar surface area (TPSA) is 61.5 Å². The summed E-state index contributed by atoms with van der Waals surface area (Å²) in [6.45, 7) is 0. The molecule has 0 saturated carbocycles. The number of thioether (sulfide) groups is 1. The van der Waals surface area contributed by atoms with Crippen molar-refractivity contribution in [1.29, 1.82) is 0 Å². The van der Waals surface area contributed by atoms with Crippen LogP contribution in [0.3, 0.4) is 0 Å². The predicted octanol–water partition coefficient (Wildman–Crippen LogP) is 3.72. The van der Waals surface area contributed by atoms with Gasteiger partial charge in [-0.05, 0) is 24.3 Å². The summed E-state index contributed by atoms with van der Waals surface area (Å²) in [6, 6.07) is 13.8. The first kappa shape index (κ1) is 15.7. The number of methoxy groups -OCH3 is 2. The lowest BCUT2D eigenvalue weighted by molar-refractivity contribution is 0.393. The Kier molecular flexibility index (Phi) is 4.15. The normalized spacial score (nSPS) is 16.1. The molecule has 0 bridgehead atoms. The molecule has 1 aliphatic rings. The predicted molar refractivity (Wildman–Crippen MR) is 97.1 cm³/mol. The molecule has 0 N–H and O–H groups in total. The van der Waals surface area contributed by atoms with Crippen LogP contribution in [0.25, 0.3) is 0 Å². The highest BCUT2D eigenvalue weighted by Gasteiger charge is 2.29. The third kappa shape index (κ3) is 2.87. The van der Waals surface area contributed by atoms with Gasteiger partial charge in [0.2, 0.25) is 0 Å². The maximum atomic E-state index is 5.58. The number of ether oxygens (including phenoxy) is 2. The van der Waals surface area contributed by atoms with Crippen molar-refractivity contribution in [3.05, 3.63) is 60.7 Å². The first-order chi connectivity index (χ1) is 12.3. The Morgan fingerprint density at radius 1 is 1.08 bits per heavy atom. The Bertz CT molecular complexity index is 925. The van der Waals surface area contributed by atoms with Crippen LogP contribution in [0.5, 0.6) is 11.5 Å². The van der Waals surface area contributed by atoms with E-state index < -0.39 is 0 Å². The summed E-state index contributed by atoms with van der Waals surface area (Å²) in [5.41, 5.74) is 2.72. The van der Waals surface area contributed by atoms with E-state index in [1.165, 1.54) is 6.33 Å². The van der Waals surface area contributed by atoms with Gasteiger partial charge in [-0.1, -0.05) is 23.9 Å². The minimum Gasteiger partial charge on any atom is -0.497 e. The van der Waals surface area contributed by atoms with Crippen molar-refractivity contribution in [2.75, 3.05) is 14.2 Å². The van der Waals surface area contributed by atoms with Crippen LogP contribution in [0.4, 0.5) is 5.69 Å². The summed E-state index contributed by atoms with van der Waals surface area (Å²) in [7, 11) is 3.28. The van der Waals surface area contributed by atoms with Gasteiger partial charge in [0.1, 0.15) is 29.5 Å². The molecule has 0 fully saturated rings. The highest BCUT2D eigenvalue weighted by Crippen LogP contribution is 2.45. The first-order valence-electron chi connectivity index (χ1n) is 7.71.